The molecule has 0 aromatic carbocycles. The molecule has 3 heterocycles. The lowest BCUT2D eigenvalue weighted by Gasteiger charge is -2.17. The maximum Gasteiger partial charge on any atom is 0.295 e. The summed E-state index contributed by atoms with van der Waals surface area (Å²) in [5.41, 5.74) is 1.01. The molecule has 0 fully saturated rings. The number of hydrogen-bond donors (Lipinski definition) is 1. The predicted octanol–water partition coefficient (Wildman–Crippen LogP) is 2.48. The van der Waals surface area contributed by atoms with Crippen LogP contribution >= 0.6 is 11.6 Å². The third-order valence-corrected chi connectivity index (χ3v) is 6.31. The van der Waals surface area contributed by atoms with Gasteiger partial charge in [-0.25, -0.2) is 27.8 Å². The minimum atomic E-state index is -3.40. The van der Waals surface area contributed by atoms with Gasteiger partial charge in [-0.15, -0.1) is 0 Å². The van der Waals surface area contributed by atoms with Gasteiger partial charge in [0.25, 0.3) is 5.56 Å². The van der Waals surface area contributed by atoms with E-state index in [2.05, 4.69) is 25.3 Å². The fourth-order valence-corrected chi connectivity index (χ4v) is 3.80. The van der Waals surface area contributed by atoms with E-state index >= 15 is 0 Å². The summed E-state index contributed by atoms with van der Waals surface area (Å²) in [5, 5.41) is 2.84. The van der Waals surface area contributed by atoms with Crippen molar-refractivity contribution in [3.05, 3.63) is 45.2 Å². The van der Waals surface area contributed by atoms with Crippen LogP contribution in [0.1, 0.15) is 31.1 Å². The molecule has 0 unspecified atom stereocenters. The lowest BCUT2D eigenvalue weighted by molar-refractivity contribution is 0.376. The normalized spacial score (nSPS) is 12.8. The lowest BCUT2D eigenvalue weighted by Crippen LogP contribution is -2.29. The number of nitrogens with one attached hydrogen (secondary N) is 1. The average molecular weight is 455 g/mol. The summed E-state index contributed by atoms with van der Waals surface area (Å²) in [6.07, 6.45) is 1.41. The van der Waals surface area contributed by atoms with E-state index < -0.39 is 28.1 Å². The van der Waals surface area contributed by atoms with Crippen LogP contribution in [0.4, 0.5) is 10.2 Å². The first kappa shape index (κ1) is 22.0. The number of halogens is 2. The van der Waals surface area contributed by atoms with Crippen LogP contribution in [0, 0.1) is 6.92 Å². The van der Waals surface area contributed by atoms with Crippen molar-refractivity contribution < 1.29 is 12.8 Å². The molecule has 1 N–H and O–H groups in total. The molecule has 0 aliphatic carbocycles. The summed E-state index contributed by atoms with van der Waals surface area (Å²) in [7, 11) is -3.40. The van der Waals surface area contributed by atoms with Crippen LogP contribution in [-0.4, -0.2) is 45.3 Å². The van der Waals surface area contributed by atoms with E-state index in [-0.39, 0.29) is 34.1 Å². The molecule has 0 saturated carbocycles. The van der Waals surface area contributed by atoms with E-state index in [0.717, 1.165) is 0 Å². The third-order valence-electron chi connectivity index (χ3n) is 4.51. The van der Waals surface area contributed by atoms with Crippen molar-refractivity contribution in [1.29, 1.82) is 0 Å². The van der Waals surface area contributed by atoms with Crippen LogP contribution < -0.4 is 10.9 Å². The predicted molar refractivity (Wildman–Crippen MR) is 111 cm³/mol. The molecule has 0 spiro atoms. The van der Waals surface area contributed by atoms with Crippen LogP contribution in [0.2, 0.25) is 5.28 Å². The largest absolute Gasteiger partial charge is 0.361 e. The van der Waals surface area contributed by atoms with Gasteiger partial charge >= 0.3 is 0 Å². The molecule has 0 radical (unpaired) electrons. The fourth-order valence-electron chi connectivity index (χ4n) is 2.81. The second-order valence-electron chi connectivity index (χ2n) is 6.65. The number of fused-ring (bicyclic) bond motifs is 1. The van der Waals surface area contributed by atoms with Gasteiger partial charge in [-0.05, 0) is 37.1 Å². The van der Waals surface area contributed by atoms with Crippen molar-refractivity contribution in [3.63, 3.8) is 0 Å². The van der Waals surface area contributed by atoms with Crippen LogP contribution in [0.25, 0.3) is 11.2 Å². The van der Waals surface area contributed by atoms with E-state index in [1.165, 1.54) is 16.8 Å². The van der Waals surface area contributed by atoms with Crippen molar-refractivity contribution in [1.82, 2.24) is 24.5 Å². The Morgan fingerprint density at radius 1 is 1.27 bits per heavy atom. The Balaban J connectivity index is 1.99. The quantitative estimate of drug-likeness (QED) is 0.540. The average Bonchev–Trinajstić information content (AvgIpc) is 2.72. The number of nitrogens with zero attached hydrogens (tertiary/aromatic N) is 5. The van der Waals surface area contributed by atoms with E-state index in [9.17, 15) is 17.6 Å². The smallest absolute Gasteiger partial charge is 0.295 e. The van der Waals surface area contributed by atoms with Gasteiger partial charge in [-0.2, -0.15) is 4.98 Å². The van der Waals surface area contributed by atoms with Gasteiger partial charge in [0.05, 0.1) is 17.5 Å². The Labute approximate surface area is 177 Å². The van der Waals surface area contributed by atoms with Gasteiger partial charge in [0.15, 0.2) is 26.3 Å². The minimum Gasteiger partial charge on any atom is -0.361 e. The SMILES string of the molecule is CCS(=O)(=O)c1ccc(CNc2nc3c(C)nc(Cl)nc3n([C@@H](C)CF)c2=O)cn1. The van der Waals surface area contributed by atoms with Crippen molar-refractivity contribution >= 4 is 38.4 Å². The molecule has 0 amide bonds. The summed E-state index contributed by atoms with van der Waals surface area (Å²) in [4.78, 5) is 29.3. The molecule has 12 heteroatoms. The number of hydrogen-bond acceptors (Lipinski definition) is 8. The summed E-state index contributed by atoms with van der Waals surface area (Å²) >= 11 is 5.91. The maximum absolute atomic E-state index is 13.4. The zero-order valence-corrected chi connectivity index (χ0v) is 18.1. The number of pyridine rings is 1. The molecule has 9 nitrogen and oxygen atoms in total. The van der Waals surface area contributed by atoms with E-state index in [1.807, 2.05) is 0 Å². The molecule has 160 valence electrons. The first-order chi connectivity index (χ1) is 14.2. The van der Waals surface area contributed by atoms with Crippen molar-refractivity contribution in [2.45, 2.75) is 38.4 Å². The maximum atomic E-state index is 13.4. The zero-order valence-electron chi connectivity index (χ0n) is 16.6. The van der Waals surface area contributed by atoms with Crippen molar-refractivity contribution in [2.75, 3.05) is 17.7 Å². The van der Waals surface area contributed by atoms with Gasteiger partial charge < -0.3 is 5.32 Å². The Kier molecular flexibility index (Phi) is 6.32. The standard InChI is InChI=1S/C18H20ClFN6O3S/c1-4-30(28,29)13-6-5-12(8-21-13)9-22-15-17(27)26(10(2)7-20)16-14(24-15)11(3)23-18(19)25-16/h5-6,8,10H,4,7,9H2,1-3H3,(H,22,24)/t10-/m0/s1. The van der Waals surface area contributed by atoms with E-state index in [4.69, 9.17) is 11.6 Å². The summed E-state index contributed by atoms with van der Waals surface area (Å²) in [5.74, 6) is -0.0573. The summed E-state index contributed by atoms with van der Waals surface area (Å²) < 4.78 is 38.3. The second kappa shape index (κ2) is 8.60. The molecule has 3 aromatic rings. The van der Waals surface area contributed by atoms with Crippen LogP contribution in [0.15, 0.2) is 28.2 Å². The molecule has 0 aliphatic heterocycles. The van der Waals surface area contributed by atoms with Gasteiger partial charge in [0.1, 0.15) is 12.2 Å². The molecule has 0 bridgehead atoms. The number of sulfone groups is 1. The second-order valence-corrected chi connectivity index (χ2v) is 9.21. The lowest BCUT2D eigenvalue weighted by atomic mass is 10.3. The van der Waals surface area contributed by atoms with Gasteiger partial charge in [-0.1, -0.05) is 13.0 Å². The highest BCUT2D eigenvalue weighted by molar-refractivity contribution is 7.91. The highest BCUT2D eigenvalue weighted by Gasteiger charge is 2.19. The number of anilines is 1. The molecular weight excluding hydrogens is 435 g/mol. The Morgan fingerprint density at radius 3 is 2.60 bits per heavy atom. The van der Waals surface area contributed by atoms with Crippen molar-refractivity contribution in [2.24, 2.45) is 0 Å². The fraction of sp³-hybridized carbons (Fsp3) is 0.389. The number of rotatable bonds is 7. The molecule has 0 aliphatic rings. The molecule has 1 atom stereocenters. The molecular formula is C18H20ClFN6O3S. The first-order valence-electron chi connectivity index (χ1n) is 9.11. The highest BCUT2D eigenvalue weighted by atomic mass is 35.5. The molecule has 3 aromatic heterocycles. The monoisotopic (exact) mass is 454 g/mol. The number of aryl methyl sites for hydroxylation is 1. The van der Waals surface area contributed by atoms with E-state index in [1.54, 1.807) is 26.8 Å². The third kappa shape index (κ3) is 4.26. The highest BCUT2D eigenvalue weighted by Crippen LogP contribution is 2.19. The van der Waals surface area contributed by atoms with Crippen molar-refractivity contribution in [3.8, 4) is 0 Å². The zero-order chi connectivity index (χ0) is 22.1. The number of aromatic nitrogens is 5. The Bertz CT molecular complexity index is 1250. The van der Waals surface area contributed by atoms with Crippen LogP contribution in [0.5, 0.6) is 0 Å². The van der Waals surface area contributed by atoms with E-state index in [0.29, 0.717) is 16.8 Å². The molecule has 30 heavy (non-hydrogen) atoms. The molecule has 3 rings (SSSR count). The first-order valence-corrected chi connectivity index (χ1v) is 11.1. The van der Waals surface area contributed by atoms with Gasteiger partial charge in [0, 0.05) is 12.7 Å². The summed E-state index contributed by atoms with van der Waals surface area (Å²) in [6, 6.07) is 2.22. The van der Waals surface area contributed by atoms with Crippen LogP contribution in [-0.2, 0) is 16.4 Å². The van der Waals surface area contributed by atoms with Gasteiger partial charge in [0.2, 0.25) is 5.28 Å². The Hall–Kier alpha value is -2.66. The van der Waals surface area contributed by atoms with Crippen LogP contribution in [0.3, 0.4) is 0 Å². The van der Waals surface area contributed by atoms with Gasteiger partial charge in [-0.3, -0.25) is 9.36 Å². The Morgan fingerprint density at radius 2 is 2.00 bits per heavy atom. The number of alkyl halides is 1. The topological polar surface area (TPSA) is 120 Å². The summed E-state index contributed by atoms with van der Waals surface area (Å²) in [6.45, 7) is 4.13. The minimum absolute atomic E-state index is 0.0120. The molecule has 0 saturated heterocycles.